The third-order valence-electron chi connectivity index (χ3n) is 4.58. The van der Waals surface area contributed by atoms with Crippen LogP contribution in [0.5, 0.6) is 0 Å². The SMILES string of the molecule is CC1CC(C)(C)c2cccc(NC(=O)c3c(F)cccc3I)c21. The van der Waals surface area contributed by atoms with E-state index >= 15 is 0 Å². The minimum Gasteiger partial charge on any atom is -0.322 e. The smallest absolute Gasteiger partial charge is 0.259 e. The van der Waals surface area contributed by atoms with Crippen LogP contribution in [0, 0.1) is 9.39 Å². The van der Waals surface area contributed by atoms with Crippen LogP contribution in [-0.2, 0) is 5.41 Å². The lowest BCUT2D eigenvalue weighted by molar-refractivity contribution is 0.102. The summed E-state index contributed by atoms with van der Waals surface area (Å²) < 4.78 is 14.6. The Balaban J connectivity index is 2.00. The van der Waals surface area contributed by atoms with Crippen LogP contribution in [0.25, 0.3) is 0 Å². The molecule has 2 aromatic carbocycles. The molecule has 0 fully saturated rings. The van der Waals surface area contributed by atoms with Crippen molar-refractivity contribution in [3.05, 3.63) is 62.5 Å². The normalized spacial score (nSPS) is 18.6. The van der Waals surface area contributed by atoms with E-state index in [4.69, 9.17) is 0 Å². The van der Waals surface area contributed by atoms with Gasteiger partial charge in [0.2, 0.25) is 0 Å². The van der Waals surface area contributed by atoms with Gasteiger partial charge in [0.05, 0.1) is 5.56 Å². The van der Waals surface area contributed by atoms with Gasteiger partial charge >= 0.3 is 0 Å². The quantitative estimate of drug-likeness (QED) is 0.638. The molecular weight excluding hydrogens is 404 g/mol. The Labute approximate surface area is 149 Å². The van der Waals surface area contributed by atoms with Crippen molar-refractivity contribution in [3.8, 4) is 0 Å². The summed E-state index contributed by atoms with van der Waals surface area (Å²) in [6.07, 6.45) is 1.05. The highest BCUT2D eigenvalue weighted by atomic mass is 127. The van der Waals surface area contributed by atoms with Gasteiger partial charge in [0.1, 0.15) is 5.82 Å². The van der Waals surface area contributed by atoms with Crippen LogP contribution < -0.4 is 5.32 Å². The molecule has 1 aliphatic rings. The molecule has 0 aliphatic heterocycles. The Morgan fingerprint density at radius 1 is 1.26 bits per heavy atom. The predicted molar refractivity (Wildman–Crippen MR) is 99.6 cm³/mol. The standard InChI is InChI=1S/C19H19FINO/c1-11-10-19(2,3)12-6-4-9-15(16(11)12)22-18(23)17-13(20)7-5-8-14(17)21/h4-9,11H,10H2,1-3H3,(H,22,23). The summed E-state index contributed by atoms with van der Waals surface area (Å²) in [4.78, 5) is 12.6. The molecule has 0 saturated carbocycles. The average molecular weight is 423 g/mol. The molecule has 0 spiro atoms. The average Bonchev–Trinajstić information content (AvgIpc) is 2.69. The lowest BCUT2D eigenvalue weighted by atomic mass is 9.86. The highest BCUT2D eigenvalue weighted by molar-refractivity contribution is 14.1. The van der Waals surface area contributed by atoms with Crippen LogP contribution in [-0.4, -0.2) is 5.91 Å². The fourth-order valence-electron chi connectivity index (χ4n) is 3.67. The van der Waals surface area contributed by atoms with Crippen molar-refractivity contribution in [2.24, 2.45) is 0 Å². The molecule has 120 valence electrons. The number of rotatable bonds is 2. The maximum absolute atomic E-state index is 14.0. The summed E-state index contributed by atoms with van der Waals surface area (Å²) >= 11 is 1.99. The van der Waals surface area contributed by atoms with E-state index in [1.54, 1.807) is 12.1 Å². The summed E-state index contributed by atoms with van der Waals surface area (Å²) in [5, 5.41) is 2.92. The molecule has 0 aromatic heterocycles. The number of fused-ring (bicyclic) bond motifs is 1. The molecule has 0 radical (unpaired) electrons. The van der Waals surface area contributed by atoms with Crippen molar-refractivity contribution >= 4 is 34.2 Å². The summed E-state index contributed by atoms with van der Waals surface area (Å²) in [5.74, 6) is -0.510. The van der Waals surface area contributed by atoms with Gasteiger partial charge in [-0.25, -0.2) is 4.39 Å². The fourth-order valence-corrected chi connectivity index (χ4v) is 4.38. The summed E-state index contributed by atoms with van der Waals surface area (Å²) in [7, 11) is 0. The van der Waals surface area contributed by atoms with Gasteiger partial charge in [-0.2, -0.15) is 0 Å². The molecule has 1 N–H and O–H groups in total. The minimum absolute atomic E-state index is 0.0991. The Hall–Kier alpha value is -1.43. The van der Waals surface area contributed by atoms with Gasteiger partial charge in [0, 0.05) is 9.26 Å². The molecule has 1 aliphatic carbocycles. The number of halogens is 2. The monoisotopic (exact) mass is 423 g/mol. The van der Waals surface area contributed by atoms with E-state index in [1.807, 2.05) is 34.7 Å². The topological polar surface area (TPSA) is 29.1 Å². The number of benzene rings is 2. The van der Waals surface area contributed by atoms with Crippen molar-refractivity contribution in [1.82, 2.24) is 0 Å². The van der Waals surface area contributed by atoms with E-state index < -0.39 is 11.7 Å². The predicted octanol–water partition coefficient (Wildman–Crippen LogP) is 5.47. The minimum atomic E-state index is -0.490. The molecule has 2 nitrogen and oxygen atoms in total. The molecule has 0 heterocycles. The van der Waals surface area contributed by atoms with E-state index in [9.17, 15) is 9.18 Å². The number of carbonyl (C=O) groups is 1. The molecule has 1 amide bonds. The zero-order valence-electron chi connectivity index (χ0n) is 13.4. The molecule has 1 atom stereocenters. The van der Waals surface area contributed by atoms with Crippen LogP contribution in [0.1, 0.15) is 54.6 Å². The highest BCUT2D eigenvalue weighted by Crippen LogP contribution is 2.48. The number of anilines is 1. The molecule has 23 heavy (non-hydrogen) atoms. The van der Waals surface area contributed by atoms with E-state index in [0.717, 1.165) is 12.1 Å². The van der Waals surface area contributed by atoms with Crippen molar-refractivity contribution in [1.29, 1.82) is 0 Å². The van der Waals surface area contributed by atoms with Gasteiger partial charge < -0.3 is 5.32 Å². The molecule has 0 saturated heterocycles. The zero-order chi connectivity index (χ0) is 16.8. The fraction of sp³-hybridized carbons (Fsp3) is 0.316. The highest BCUT2D eigenvalue weighted by Gasteiger charge is 2.36. The molecule has 1 unspecified atom stereocenters. The lowest BCUT2D eigenvalue weighted by Crippen LogP contribution is -2.17. The number of nitrogens with one attached hydrogen (secondary N) is 1. The number of carbonyl (C=O) groups excluding carboxylic acids is 1. The van der Waals surface area contributed by atoms with Gasteiger partial charge in [-0.05, 0) is 69.7 Å². The van der Waals surface area contributed by atoms with Gasteiger partial charge in [-0.15, -0.1) is 0 Å². The van der Waals surface area contributed by atoms with E-state index in [-0.39, 0.29) is 11.0 Å². The maximum Gasteiger partial charge on any atom is 0.259 e. The summed E-state index contributed by atoms with van der Waals surface area (Å²) in [5.41, 5.74) is 3.45. The lowest BCUT2D eigenvalue weighted by Gasteiger charge is -2.19. The summed E-state index contributed by atoms with van der Waals surface area (Å²) in [6, 6.07) is 10.7. The first-order valence-electron chi connectivity index (χ1n) is 7.70. The molecule has 2 aromatic rings. The van der Waals surface area contributed by atoms with Gasteiger partial charge in [-0.1, -0.05) is 39.0 Å². The number of hydrogen-bond donors (Lipinski definition) is 1. The number of hydrogen-bond acceptors (Lipinski definition) is 1. The first kappa shape index (κ1) is 16.4. The second kappa shape index (κ2) is 5.89. The van der Waals surface area contributed by atoms with Crippen LogP contribution >= 0.6 is 22.6 Å². The molecule has 3 rings (SSSR count). The Bertz CT molecular complexity index is 765. The van der Waals surface area contributed by atoms with Crippen molar-refractivity contribution in [2.75, 3.05) is 5.32 Å². The van der Waals surface area contributed by atoms with Crippen molar-refractivity contribution < 1.29 is 9.18 Å². The Kier molecular flexibility index (Phi) is 4.21. The van der Waals surface area contributed by atoms with Crippen LogP contribution in [0.4, 0.5) is 10.1 Å². The van der Waals surface area contributed by atoms with Crippen LogP contribution in [0.15, 0.2) is 36.4 Å². The van der Waals surface area contributed by atoms with Gasteiger partial charge in [0.15, 0.2) is 0 Å². The second-order valence-electron chi connectivity index (χ2n) is 6.81. The molecule has 0 bridgehead atoms. The van der Waals surface area contributed by atoms with E-state index in [2.05, 4.69) is 32.2 Å². The third-order valence-corrected chi connectivity index (χ3v) is 5.48. The summed E-state index contributed by atoms with van der Waals surface area (Å²) in [6.45, 7) is 6.62. The zero-order valence-corrected chi connectivity index (χ0v) is 15.6. The molecule has 4 heteroatoms. The van der Waals surface area contributed by atoms with Crippen LogP contribution in [0.3, 0.4) is 0 Å². The maximum atomic E-state index is 14.0. The van der Waals surface area contributed by atoms with E-state index in [1.165, 1.54) is 17.2 Å². The third kappa shape index (κ3) is 2.89. The largest absolute Gasteiger partial charge is 0.322 e. The first-order valence-corrected chi connectivity index (χ1v) is 8.78. The number of amides is 1. The molecular formula is C19H19FINO. The van der Waals surface area contributed by atoms with Crippen LogP contribution in [0.2, 0.25) is 0 Å². The first-order chi connectivity index (χ1) is 10.8. The van der Waals surface area contributed by atoms with Crippen molar-refractivity contribution in [3.63, 3.8) is 0 Å². The van der Waals surface area contributed by atoms with Gasteiger partial charge in [0.25, 0.3) is 5.91 Å². The van der Waals surface area contributed by atoms with Gasteiger partial charge in [-0.3, -0.25) is 4.79 Å². The Morgan fingerprint density at radius 3 is 2.65 bits per heavy atom. The second-order valence-corrected chi connectivity index (χ2v) is 7.97. The Morgan fingerprint density at radius 2 is 1.96 bits per heavy atom. The van der Waals surface area contributed by atoms with Crippen molar-refractivity contribution in [2.45, 2.75) is 38.5 Å². The van der Waals surface area contributed by atoms with E-state index in [0.29, 0.717) is 9.49 Å².